The van der Waals surface area contributed by atoms with Crippen molar-refractivity contribution in [2.24, 2.45) is 0 Å². The predicted octanol–water partition coefficient (Wildman–Crippen LogP) is 8.39. The molecule has 1 aliphatic heterocycles. The van der Waals surface area contributed by atoms with E-state index in [0.29, 0.717) is 11.5 Å². The van der Waals surface area contributed by atoms with Gasteiger partial charge in [0, 0.05) is 22.4 Å². The number of aryl methyl sites for hydroxylation is 2. The van der Waals surface area contributed by atoms with Gasteiger partial charge in [0.2, 0.25) is 0 Å². The summed E-state index contributed by atoms with van der Waals surface area (Å²) in [5, 5.41) is 19.3. The zero-order valence-electron chi connectivity index (χ0n) is 28.2. The van der Waals surface area contributed by atoms with Crippen molar-refractivity contribution in [2.75, 3.05) is 31.3 Å². The number of rotatable bonds is 11. The molecular formula is C44H39NO5. The number of carbonyl (C=O) groups is 1. The van der Waals surface area contributed by atoms with E-state index in [9.17, 15) is 10.2 Å². The van der Waals surface area contributed by atoms with E-state index in [4.69, 9.17) is 9.47 Å². The van der Waals surface area contributed by atoms with Gasteiger partial charge >= 0.3 is 0 Å². The molecule has 0 radical (unpaired) electrons. The fourth-order valence-electron chi connectivity index (χ4n) is 7.10. The molecule has 0 spiro atoms. The maximum atomic E-state index is 15.6. The molecule has 7 rings (SSSR count). The lowest BCUT2D eigenvalue weighted by atomic mass is 9.69. The number of para-hydroxylation sites is 2. The summed E-state index contributed by atoms with van der Waals surface area (Å²) in [5.74, 6) is 1.13. The third-order valence-corrected chi connectivity index (χ3v) is 9.27. The molecule has 2 N–H and O–H groups in total. The van der Waals surface area contributed by atoms with Gasteiger partial charge in [-0.05, 0) is 78.6 Å². The largest absolute Gasteiger partial charge is 0.491 e. The number of amides is 1. The van der Waals surface area contributed by atoms with Gasteiger partial charge in [-0.2, -0.15) is 0 Å². The van der Waals surface area contributed by atoms with Gasteiger partial charge in [-0.25, -0.2) is 0 Å². The number of ether oxygens (including phenoxy) is 2. The van der Waals surface area contributed by atoms with Crippen LogP contribution in [0.3, 0.4) is 0 Å². The van der Waals surface area contributed by atoms with Crippen LogP contribution in [-0.2, 0) is 10.2 Å². The van der Waals surface area contributed by atoms with Crippen molar-refractivity contribution in [2.45, 2.75) is 19.3 Å². The van der Waals surface area contributed by atoms with E-state index in [0.717, 1.165) is 61.4 Å². The van der Waals surface area contributed by atoms with Crippen LogP contribution in [0, 0.1) is 13.8 Å². The second-order valence-corrected chi connectivity index (χ2v) is 12.5. The molecule has 6 aromatic rings. The molecule has 1 heterocycles. The molecule has 0 aromatic heterocycles. The van der Waals surface area contributed by atoms with Gasteiger partial charge in [0.05, 0.1) is 18.9 Å². The van der Waals surface area contributed by atoms with Crippen LogP contribution in [0.5, 0.6) is 11.5 Å². The first-order valence-corrected chi connectivity index (χ1v) is 16.8. The van der Waals surface area contributed by atoms with Crippen molar-refractivity contribution >= 4 is 17.3 Å². The van der Waals surface area contributed by atoms with Crippen LogP contribution in [0.2, 0.25) is 0 Å². The first kappa shape index (κ1) is 32.8. The van der Waals surface area contributed by atoms with Gasteiger partial charge in [0.1, 0.15) is 30.1 Å². The summed E-state index contributed by atoms with van der Waals surface area (Å²) < 4.78 is 12.2. The van der Waals surface area contributed by atoms with Crippen LogP contribution in [0.25, 0.3) is 22.3 Å². The Morgan fingerprint density at radius 2 is 1.10 bits per heavy atom. The molecule has 0 aliphatic carbocycles. The number of hydrogen-bond donors (Lipinski definition) is 2. The summed E-state index contributed by atoms with van der Waals surface area (Å²) in [6.45, 7) is 4.13. The number of benzene rings is 6. The molecule has 6 heteroatoms. The summed E-state index contributed by atoms with van der Waals surface area (Å²) in [5.41, 5.74) is 8.44. The maximum absolute atomic E-state index is 15.6. The molecule has 0 fully saturated rings. The Hall–Kier alpha value is -5.69. The quantitative estimate of drug-likeness (QED) is 0.146. The smallest absolute Gasteiger partial charge is 0.251 e. The lowest BCUT2D eigenvalue weighted by Crippen LogP contribution is -2.40. The molecule has 6 nitrogen and oxygen atoms in total. The van der Waals surface area contributed by atoms with Crippen molar-refractivity contribution in [1.29, 1.82) is 0 Å². The Bertz CT molecular complexity index is 2060. The average molecular weight is 662 g/mol. The van der Waals surface area contributed by atoms with E-state index >= 15 is 4.79 Å². The van der Waals surface area contributed by atoms with Gasteiger partial charge in [0.25, 0.3) is 5.91 Å². The molecule has 0 saturated carbocycles. The highest BCUT2D eigenvalue weighted by atomic mass is 16.5. The Kier molecular flexibility index (Phi) is 9.22. The van der Waals surface area contributed by atoms with E-state index in [2.05, 4.69) is 24.3 Å². The fourth-order valence-corrected chi connectivity index (χ4v) is 7.10. The number of anilines is 2. The fraction of sp³-hybridized carbons (Fsp3) is 0.159. The van der Waals surface area contributed by atoms with E-state index in [-0.39, 0.29) is 32.3 Å². The number of hydrogen-bond acceptors (Lipinski definition) is 5. The second kappa shape index (κ2) is 14.0. The van der Waals surface area contributed by atoms with Gasteiger partial charge in [-0.1, -0.05) is 108 Å². The minimum Gasteiger partial charge on any atom is -0.491 e. The van der Waals surface area contributed by atoms with E-state index < -0.39 is 5.41 Å². The van der Waals surface area contributed by atoms with Gasteiger partial charge in [-0.15, -0.1) is 0 Å². The zero-order valence-corrected chi connectivity index (χ0v) is 28.2. The summed E-state index contributed by atoms with van der Waals surface area (Å²) in [4.78, 5) is 17.4. The molecule has 50 heavy (non-hydrogen) atoms. The number of aliphatic hydroxyl groups excluding tert-OH is 2. The average Bonchev–Trinajstić information content (AvgIpc) is 3.41. The topological polar surface area (TPSA) is 79.2 Å². The standard InChI is InChI=1S/C44H39NO5/c1-30-10-8-12-32(26-30)37-28-34(18-20-41(37)49-24-22-46)44(39-16-6-7-17-40(39)45(43(44)48)36-14-4-3-5-15-36)35-19-21-42(50-25-23-47)38(29-35)33-13-9-11-31(2)27-33/h3-21,26-29,46-47H,22-25H2,1-2H3. The van der Waals surface area contributed by atoms with Crippen LogP contribution in [-0.4, -0.2) is 42.5 Å². The molecule has 0 unspecified atom stereocenters. The number of fused-ring (bicyclic) bond motifs is 1. The summed E-state index contributed by atoms with van der Waals surface area (Å²) in [7, 11) is 0. The van der Waals surface area contributed by atoms with Gasteiger partial charge < -0.3 is 19.7 Å². The second-order valence-electron chi connectivity index (χ2n) is 12.5. The van der Waals surface area contributed by atoms with Gasteiger partial charge in [0.15, 0.2) is 0 Å². The molecule has 0 saturated heterocycles. The van der Waals surface area contributed by atoms with Crippen LogP contribution < -0.4 is 14.4 Å². The van der Waals surface area contributed by atoms with Crippen LogP contribution in [0.15, 0.2) is 140 Å². The Labute approximate surface area is 292 Å². The third kappa shape index (κ3) is 5.83. The predicted molar refractivity (Wildman–Crippen MR) is 198 cm³/mol. The van der Waals surface area contributed by atoms with Crippen molar-refractivity contribution in [1.82, 2.24) is 0 Å². The first-order chi connectivity index (χ1) is 24.4. The maximum Gasteiger partial charge on any atom is 0.251 e. The first-order valence-electron chi connectivity index (χ1n) is 16.8. The van der Waals surface area contributed by atoms with Crippen molar-refractivity contribution in [3.8, 4) is 33.8 Å². The normalized spacial score (nSPS) is 13.3. The van der Waals surface area contributed by atoms with E-state index in [1.54, 1.807) is 0 Å². The Balaban J connectivity index is 1.55. The van der Waals surface area contributed by atoms with Gasteiger partial charge in [-0.3, -0.25) is 9.69 Å². The number of aliphatic hydroxyl groups is 2. The van der Waals surface area contributed by atoms with E-state index in [1.165, 1.54) is 0 Å². The van der Waals surface area contributed by atoms with E-state index in [1.807, 2.05) is 134 Å². The lowest BCUT2D eigenvalue weighted by molar-refractivity contribution is -0.120. The third-order valence-electron chi connectivity index (χ3n) is 9.27. The minimum atomic E-state index is -1.27. The Morgan fingerprint density at radius 3 is 1.62 bits per heavy atom. The highest BCUT2D eigenvalue weighted by molar-refractivity contribution is 6.17. The monoisotopic (exact) mass is 661 g/mol. The van der Waals surface area contributed by atoms with Crippen molar-refractivity contribution in [3.63, 3.8) is 0 Å². The number of carbonyl (C=O) groups excluding carboxylic acids is 1. The molecule has 6 aromatic carbocycles. The molecule has 1 aliphatic rings. The van der Waals surface area contributed by atoms with Crippen LogP contribution >= 0.6 is 0 Å². The van der Waals surface area contributed by atoms with Crippen molar-refractivity contribution < 1.29 is 24.5 Å². The molecule has 1 amide bonds. The SMILES string of the molecule is Cc1cccc(-c2cc(C3(c4ccc(OCCO)c(-c5cccc(C)c5)c4)C(=O)N(c4ccccc4)c4ccccc43)ccc2OCCO)c1. The number of nitrogens with zero attached hydrogens (tertiary/aromatic N) is 1. The highest BCUT2D eigenvalue weighted by Crippen LogP contribution is 2.54. The summed E-state index contributed by atoms with van der Waals surface area (Å²) in [6, 6.07) is 46.0. The molecule has 0 bridgehead atoms. The zero-order chi connectivity index (χ0) is 34.7. The Morgan fingerprint density at radius 1 is 0.580 bits per heavy atom. The summed E-state index contributed by atoms with van der Waals surface area (Å²) >= 11 is 0. The van der Waals surface area contributed by atoms with Crippen LogP contribution in [0.1, 0.15) is 27.8 Å². The minimum absolute atomic E-state index is 0.108. The lowest BCUT2D eigenvalue weighted by Gasteiger charge is -2.32. The summed E-state index contributed by atoms with van der Waals surface area (Å²) in [6.07, 6.45) is 0. The molecular weight excluding hydrogens is 622 g/mol. The molecule has 0 atom stereocenters. The van der Waals surface area contributed by atoms with Crippen LogP contribution in [0.4, 0.5) is 11.4 Å². The molecule has 250 valence electrons. The highest BCUT2D eigenvalue weighted by Gasteiger charge is 2.54. The van der Waals surface area contributed by atoms with Crippen molar-refractivity contribution in [3.05, 3.63) is 167 Å².